The lowest BCUT2D eigenvalue weighted by Crippen LogP contribution is -2.13. The Balaban J connectivity index is 2.73. The molecule has 2 rings (SSSR count). The van der Waals surface area contributed by atoms with E-state index in [1.807, 2.05) is 31.4 Å². The molecule has 0 saturated carbocycles. The van der Waals surface area contributed by atoms with E-state index < -0.39 is 5.97 Å². The van der Waals surface area contributed by atoms with Crippen LogP contribution in [0.1, 0.15) is 41.4 Å². The highest BCUT2D eigenvalue weighted by Crippen LogP contribution is 2.30. The van der Waals surface area contributed by atoms with Crippen molar-refractivity contribution >= 4 is 22.8 Å². The van der Waals surface area contributed by atoms with Crippen molar-refractivity contribution in [3.63, 3.8) is 0 Å². The fourth-order valence-corrected chi connectivity index (χ4v) is 2.54. The Kier molecular flexibility index (Phi) is 4.02. The number of aromatic nitrogens is 1. The van der Waals surface area contributed by atoms with E-state index in [2.05, 4.69) is 0 Å². The molecule has 0 fully saturated rings. The van der Waals surface area contributed by atoms with Crippen LogP contribution < -0.4 is 0 Å². The average molecular weight is 289 g/mol. The van der Waals surface area contributed by atoms with Gasteiger partial charge in [-0.2, -0.15) is 0 Å². The zero-order valence-corrected chi connectivity index (χ0v) is 12.6. The van der Waals surface area contributed by atoms with E-state index in [4.69, 9.17) is 4.74 Å². The van der Waals surface area contributed by atoms with Crippen LogP contribution in [0, 0.1) is 6.92 Å². The van der Waals surface area contributed by atoms with Crippen LogP contribution in [-0.2, 0) is 16.1 Å². The van der Waals surface area contributed by atoms with Crippen LogP contribution in [0.2, 0.25) is 0 Å². The molecule has 5 heteroatoms. The smallest absolute Gasteiger partial charge is 0.335 e. The van der Waals surface area contributed by atoms with Gasteiger partial charge in [-0.1, -0.05) is 13.8 Å². The Labute approximate surface area is 123 Å². The number of fused-ring (bicyclic) bond motifs is 1. The lowest BCUT2D eigenvalue weighted by molar-refractivity contribution is -0.141. The number of aryl methyl sites for hydroxylation is 1. The molecule has 0 amide bonds. The van der Waals surface area contributed by atoms with Gasteiger partial charge in [0.1, 0.15) is 6.54 Å². The van der Waals surface area contributed by atoms with Gasteiger partial charge in [0.25, 0.3) is 0 Å². The molecule has 21 heavy (non-hydrogen) atoms. The molecule has 0 atom stereocenters. The monoisotopic (exact) mass is 289 g/mol. The van der Waals surface area contributed by atoms with E-state index in [0.29, 0.717) is 0 Å². The summed E-state index contributed by atoms with van der Waals surface area (Å²) in [5.41, 5.74) is 2.99. The first-order valence-corrected chi connectivity index (χ1v) is 6.79. The van der Waals surface area contributed by atoms with Gasteiger partial charge in [0.2, 0.25) is 0 Å². The third-order valence-electron chi connectivity index (χ3n) is 3.61. The standard InChI is InChI=1S/C16H19NO4/c1-9(2)13-7-12(16(19)20)6-11-5-10(3)17(15(11)13)8-14(18)21-4/h5-7,9H,8H2,1-4H3,(H,19,20). The van der Waals surface area contributed by atoms with Crippen molar-refractivity contribution in [2.45, 2.75) is 33.2 Å². The molecule has 1 aromatic carbocycles. The van der Waals surface area contributed by atoms with Crippen LogP contribution in [0.3, 0.4) is 0 Å². The zero-order valence-electron chi connectivity index (χ0n) is 12.6. The van der Waals surface area contributed by atoms with Crippen molar-refractivity contribution in [2.24, 2.45) is 0 Å². The number of carboxylic acids is 1. The Morgan fingerprint density at radius 2 is 1.95 bits per heavy atom. The Morgan fingerprint density at radius 1 is 1.29 bits per heavy atom. The summed E-state index contributed by atoms with van der Waals surface area (Å²) in [6, 6.07) is 5.23. The minimum Gasteiger partial charge on any atom is -0.478 e. The number of carbonyl (C=O) groups excluding carboxylic acids is 1. The molecule has 1 aromatic heterocycles. The summed E-state index contributed by atoms with van der Waals surface area (Å²) in [4.78, 5) is 22.8. The van der Waals surface area contributed by atoms with Crippen molar-refractivity contribution in [2.75, 3.05) is 7.11 Å². The van der Waals surface area contributed by atoms with Gasteiger partial charge in [-0.15, -0.1) is 0 Å². The summed E-state index contributed by atoms with van der Waals surface area (Å²) in [7, 11) is 1.36. The summed E-state index contributed by atoms with van der Waals surface area (Å²) >= 11 is 0. The number of rotatable bonds is 4. The highest BCUT2D eigenvalue weighted by Gasteiger charge is 2.18. The minimum atomic E-state index is -0.947. The number of esters is 1. The highest BCUT2D eigenvalue weighted by molar-refractivity contribution is 5.96. The van der Waals surface area contributed by atoms with Crippen LogP contribution in [0.4, 0.5) is 0 Å². The lowest BCUT2D eigenvalue weighted by atomic mass is 9.97. The number of methoxy groups -OCH3 is 1. The van der Waals surface area contributed by atoms with Crippen molar-refractivity contribution in [3.8, 4) is 0 Å². The maximum absolute atomic E-state index is 11.6. The van der Waals surface area contributed by atoms with Gasteiger partial charge >= 0.3 is 11.9 Å². The third-order valence-corrected chi connectivity index (χ3v) is 3.61. The summed E-state index contributed by atoms with van der Waals surface area (Å²) < 4.78 is 6.61. The molecule has 5 nitrogen and oxygen atoms in total. The molecule has 0 spiro atoms. The van der Waals surface area contributed by atoms with Crippen LogP contribution >= 0.6 is 0 Å². The summed E-state index contributed by atoms with van der Waals surface area (Å²) in [6.45, 7) is 6.03. The Morgan fingerprint density at radius 3 is 2.48 bits per heavy atom. The van der Waals surface area contributed by atoms with Gasteiger partial charge in [0.05, 0.1) is 18.2 Å². The molecular weight excluding hydrogens is 270 g/mol. The Hall–Kier alpha value is -2.30. The predicted molar refractivity (Wildman–Crippen MR) is 79.7 cm³/mol. The maximum Gasteiger partial charge on any atom is 0.335 e. The number of ether oxygens (including phenoxy) is 1. The molecule has 0 saturated heterocycles. The molecule has 2 aromatic rings. The number of benzene rings is 1. The predicted octanol–water partition coefficient (Wildman–Crippen LogP) is 2.94. The van der Waals surface area contributed by atoms with Crippen molar-refractivity contribution in [1.29, 1.82) is 0 Å². The van der Waals surface area contributed by atoms with Gasteiger partial charge in [0.15, 0.2) is 0 Å². The number of nitrogens with zero attached hydrogens (tertiary/aromatic N) is 1. The van der Waals surface area contributed by atoms with E-state index in [-0.39, 0.29) is 24.0 Å². The van der Waals surface area contributed by atoms with Gasteiger partial charge < -0.3 is 14.4 Å². The SMILES string of the molecule is COC(=O)Cn1c(C)cc2cc(C(=O)O)cc(C(C)C)c21. The summed E-state index contributed by atoms with van der Waals surface area (Å²) in [5.74, 6) is -1.12. The van der Waals surface area contributed by atoms with Gasteiger partial charge in [-0.25, -0.2) is 4.79 Å². The van der Waals surface area contributed by atoms with Gasteiger partial charge in [0, 0.05) is 11.1 Å². The highest BCUT2D eigenvalue weighted by atomic mass is 16.5. The van der Waals surface area contributed by atoms with E-state index in [9.17, 15) is 14.7 Å². The first kappa shape index (κ1) is 15.1. The van der Waals surface area contributed by atoms with Crippen molar-refractivity contribution in [1.82, 2.24) is 4.57 Å². The minimum absolute atomic E-state index is 0.123. The number of carbonyl (C=O) groups is 2. The molecular formula is C16H19NO4. The summed E-state index contributed by atoms with van der Waals surface area (Å²) in [5, 5.41) is 10.1. The number of aromatic carboxylic acids is 1. The second-order valence-electron chi connectivity index (χ2n) is 5.41. The molecule has 0 bridgehead atoms. The molecule has 0 aliphatic carbocycles. The van der Waals surface area contributed by atoms with E-state index in [0.717, 1.165) is 22.2 Å². The third kappa shape index (κ3) is 2.77. The first-order valence-electron chi connectivity index (χ1n) is 6.79. The molecule has 1 N–H and O–H groups in total. The van der Waals surface area contributed by atoms with Crippen LogP contribution in [0.25, 0.3) is 10.9 Å². The quantitative estimate of drug-likeness (QED) is 0.879. The van der Waals surface area contributed by atoms with Gasteiger partial charge in [-0.3, -0.25) is 4.79 Å². The fraction of sp³-hybridized carbons (Fsp3) is 0.375. The average Bonchev–Trinajstić information content (AvgIpc) is 2.73. The Bertz CT molecular complexity index is 713. The molecule has 112 valence electrons. The van der Waals surface area contributed by atoms with E-state index in [1.165, 1.54) is 7.11 Å². The van der Waals surface area contributed by atoms with Crippen LogP contribution in [0.5, 0.6) is 0 Å². The molecule has 0 aliphatic heterocycles. The van der Waals surface area contributed by atoms with Crippen LogP contribution in [-0.4, -0.2) is 28.7 Å². The maximum atomic E-state index is 11.6. The lowest BCUT2D eigenvalue weighted by Gasteiger charge is -2.14. The second kappa shape index (κ2) is 5.60. The molecule has 1 heterocycles. The van der Waals surface area contributed by atoms with Crippen molar-refractivity contribution in [3.05, 3.63) is 35.0 Å². The van der Waals surface area contributed by atoms with E-state index in [1.54, 1.807) is 12.1 Å². The summed E-state index contributed by atoms with van der Waals surface area (Å²) in [6.07, 6.45) is 0. The number of hydrogen-bond donors (Lipinski definition) is 1. The normalized spacial score (nSPS) is 11.1. The molecule has 0 unspecified atom stereocenters. The fourth-order valence-electron chi connectivity index (χ4n) is 2.54. The van der Waals surface area contributed by atoms with Crippen LogP contribution in [0.15, 0.2) is 18.2 Å². The number of hydrogen-bond acceptors (Lipinski definition) is 3. The van der Waals surface area contributed by atoms with Crippen molar-refractivity contribution < 1.29 is 19.4 Å². The molecule has 0 radical (unpaired) electrons. The second-order valence-corrected chi connectivity index (χ2v) is 5.41. The largest absolute Gasteiger partial charge is 0.478 e. The number of carboxylic acid groups (broad SMARTS) is 1. The first-order chi connectivity index (χ1) is 9.85. The topological polar surface area (TPSA) is 68.5 Å². The molecule has 0 aliphatic rings. The van der Waals surface area contributed by atoms with E-state index >= 15 is 0 Å². The van der Waals surface area contributed by atoms with Gasteiger partial charge in [-0.05, 0) is 36.6 Å². The zero-order chi connectivity index (χ0) is 15.7.